The van der Waals surface area contributed by atoms with Crippen LogP contribution in [0.5, 0.6) is 11.5 Å². The number of nitrogens with two attached hydrogens (primary N) is 1. The van der Waals surface area contributed by atoms with Gasteiger partial charge in [-0.25, -0.2) is 37.7 Å². The van der Waals surface area contributed by atoms with Crippen molar-refractivity contribution in [2.45, 2.75) is 61.4 Å². The number of esters is 1. The van der Waals surface area contributed by atoms with Gasteiger partial charge in [-0.2, -0.15) is 0 Å². The molecule has 60 heavy (non-hydrogen) atoms. The fraction of sp³-hybridized carbons (Fsp3) is 0.371. The molecule has 4 aliphatic heterocycles. The molecule has 3 saturated heterocycles. The summed E-state index contributed by atoms with van der Waals surface area (Å²) in [5, 5.41) is 0. The number of hydrogen-bond acceptors (Lipinski definition) is 18. The minimum atomic E-state index is -5.28. The van der Waals surface area contributed by atoms with Crippen LogP contribution in [0.25, 0.3) is 11.2 Å². The van der Waals surface area contributed by atoms with E-state index in [2.05, 4.69) is 15.0 Å². The van der Waals surface area contributed by atoms with Crippen molar-refractivity contribution in [1.29, 1.82) is 0 Å². The second kappa shape index (κ2) is 17.0. The summed E-state index contributed by atoms with van der Waals surface area (Å²) < 4.78 is 107. The number of nitrogen functional groups attached to an aromatic ring is 1. The van der Waals surface area contributed by atoms with E-state index >= 15 is 8.78 Å². The van der Waals surface area contributed by atoms with Crippen LogP contribution < -0.4 is 15.2 Å². The molecule has 25 heteroatoms. The van der Waals surface area contributed by atoms with Crippen molar-refractivity contribution in [3.05, 3.63) is 84.6 Å². The van der Waals surface area contributed by atoms with Gasteiger partial charge in [0.05, 0.1) is 33.1 Å². The molecular weight excluding hydrogens is 860 g/mol. The Bertz CT molecular complexity index is 2430. The van der Waals surface area contributed by atoms with E-state index in [-0.39, 0.29) is 34.0 Å². The van der Waals surface area contributed by atoms with E-state index in [1.54, 1.807) is 30.3 Å². The summed E-state index contributed by atoms with van der Waals surface area (Å²) in [6.07, 6.45) is -11.3. The SMILES string of the molecule is COc1ccccc1C(=O)Oc1ccc(CSP2(=O)OC[C@H]3O[C@@H](N4C=CC(=O)CC4=O)[C@H](OP(=O)(O)OC[C@H]4O[C@@H](n5cnc6c(N)ncnc65)[C@H](O2)[C@@H]4F)[C@@H]3F)cc1. The third-order valence-corrected chi connectivity index (χ3v) is 14.3. The Morgan fingerprint density at radius 2 is 1.67 bits per heavy atom. The molecule has 6 heterocycles. The Balaban J connectivity index is 1.09. The van der Waals surface area contributed by atoms with Crippen molar-refractivity contribution in [3.8, 4) is 11.5 Å². The summed E-state index contributed by atoms with van der Waals surface area (Å²) in [4.78, 5) is 61.3. The topological polar surface area (TPSA) is 252 Å². The number of hydrogen-bond donors (Lipinski definition) is 2. The predicted octanol–water partition coefficient (Wildman–Crippen LogP) is 4.21. The number of anilines is 1. The maximum absolute atomic E-state index is 16.6. The standard InChI is InChI=1S/C35H34F2N6O14P2S/c1-50-22-5-3-2-4-21(22)35(46)53-20-8-6-18(7-9-20)15-60-59(49)52-14-24-26(36)29(33(54-24)42-11-10-19(44)12-25(42)45)56-58(47,48)51-13-23-27(37)30(57-59)34(55-23)43-17-41-28-31(38)39-16-40-32(28)43/h2-11,16-17,23-24,26-27,29-30,33-34H,12-15H2,1H3,(H,47,48)(H2,38,39,40)/t23-,24-,26-,27-,29-,30-,33-,34-,59?/m1/s1. The highest BCUT2D eigenvalue weighted by Gasteiger charge is 2.56. The number of rotatable bonds is 8. The molecule has 2 unspecified atom stereocenters. The second-order valence-corrected chi connectivity index (χ2v) is 18.9. The number of phosphoric acid groups is 1. The Morgan fingerprint density at radius 3 is 2.40 bits per heavy atom. The van der Waals surface area contributed by atoms with Gasteiger partial charge in [0, 0.05) is 12.0 Å². The largest absolute Gasteiger partial charge is 0.496 e. The summed E-state index contributed by atoms with van der Waals surface area (Å²) in [5.74, 6) is -1.71. The van der Waals surface area contributed by atoms with Crippen LogP contribution in [0.4, 0.5) is 14.6 Å². The number of imidazole rings is 1. The number of aromatic nitrogens is 4. The van der Waals surface area contributed by atoms with E-state index < -0.39 is 101 Å². The van der Waals surface area contributed by atoms with Gasteiger partial charge in [0.15, 0.2) is 42.0 Å². The average molecular weight is 895 g/mol. The maximum atomic E-state index is 16.6. The van der Waals surface area contributed by atoms with Crippen molar-refractivity contribution in [3.63, 3.8) is 0 Å². The molecule has 0 aliphatic carbocycles. The minimum Gasteiger partial charge on any atom is -0.496 e. The molecule has 0 saturated carbocycles. The Kier molecular flexibility index (Phi) is 11.9. The van der Waals surface area contributed by atoms with Crippen molar-refractivity contribution >= 4 is 60.6 Å². The number of allylic oxidation sites excluding steroid dienone is 1. The van der Waals surface area contributed by atoms with Gasteiger partial charge in [-0.3, -0.25) is 37.2 Å². The summed E-state index contributed by atoms with van der Waals surface area (Å²) in [7, 11) is -3.86. The van der Waals surface area contributed by atoms with Crippen molar-refractivity contribution in [1.82, 2.24) is 24.4 Å². The first-order valence-electron chi connectivity index (χ1n) is 17.9. The average Bonchev–Trinajstić information content (AvgIpc) is 3.89. The molecule has 10 atom stereocenters. The number of nitrogens with zero attached hydrogens (tertiary/aromatic N) is 5. The van der Waals surface area contributed by atoms with Gasteiger partial charge in [0.25, 0.3) is 0 Å². The van der Waals surface area contributed by atoms with Crippen molar-refractivity contribution in [2.24, 2.45) is 0 Å². The first-order chi connectivity index (χ1) is 28.7. The van der Waals surface area contributed by atoms with Crippen LogP contribution in [0.1, 0.15) is 28.6 Å². The van der Waals surface area contributed by atoms with Crippen LogP contribution in [-0.4, -0.2) is 110 Å². The van der Waals surface area contributed by atoms with E-state index in [1.165, 1.54) is 36.2 Å². The summed E-state index contributed by atoms with van der Waals surface area (Å²) in [5.41, 5.74) is 6.85. The van der Waals surface area contributed by atoms with E-state index in [0.717, 1.165) is 23.5 Å². The van der Waals surface area contributed by atoms with Gasteiger partial charge in [-0.1, -0.05) is 24.3 Å². The van der Waals surface area contributed by atoms with Crippen molar-refractivity contribution < 1.29 is 74.2 Å². The molecule has 2 aromatic heterocycles. The van der Waals surface area contributed by atoms with Crippen LogP contribution in [0, 0.1) is 0 Å². The molecule has 0 spiro atoms. The molecule has 20 nitrogen and oxygen atoms in total. The van der Waals surface area contributed by atoms with Crippen LogP contribution in [0.15, 0.2) is 73.5 Å². The lowest BCUT2D eigenvalue weighted by Crippen LogP contribution is -2.46. The lowest BCUT2D eigenvalue weighted by Gasteiger charge is -2.31. The number of methoxy groups -OCH3 is 1. The molecule has 1 amide bonds. The molecule has 4 aromatic rings. The first-order valence-corrected chi connectivity index (χ1v) is 22.6. The minimum absolute atomic E-state index is 0.0183. The first kappa shape index (κ1) is 42.0. The lowest BCUT2D eigenvalue weighted by atomic mass is 10.1. The van der Waals surface area contributed by atoms with E-state index in [0.29, 0.717) is 22.7 Å². The predicted molar refractivity (Wildman–Crippen MR) is 202 cm³/mol. The monoisotopic (exact) mass is 894 g/mol. The highest BCUT2D eigenvalue weighted by molar-refractivity contribution is 8.54. The number of halogens is 2. The highest BCUT2D eigenvalue weighted by atomic mass is 32.7. The Hall–Kier alpha value is -4.67. The fourth-order valence-electron chi connectivity index (χ4n) is 6.71. The maximum Gasteiger partial charge on any atom is 0.472 e. The number of para-hydroxylation sites is 1. The van der Waals surface area contributed by atoms with Crippen LogP contribution >= 0.6 is 26.0 Å². The van der Waals surface area contributed by atoms with Gasteiger partial charge >= 0.3 is 20.6 Å². The molecule has 4 bridgehead atoms. The quantitative estimate of drug-likeness (QED) is 0.109. The van der Waals surface area contributed by atoms with E-state index in [9.17, 15) is 28.4 Å². The third kappa shape index (κ3) is 8.60. The molecule has 8 rings (SSSR count). The zero-order chi connectivity index (χ0) is 42.3. The Labute approximate surface area is 342 Å². The molecular formula is C35H34F2N6O14P2S. The number of ketones is 1. The van der Waals surface area contributed by atoms with Gasteiger partial charge in [-0.15, -0.1) is 0 Å². The number of amides is 1. The Morgan fingerprint density at radius 1 is 0.967 bits per heavy atom. The van der Waals surface area contributed by atoms with Crippen LogP contribution in [0.3, 0.4) is 0 Å². The van der Waals surface area contributed by atoms with Gasteiger partial charge in [-0.05, 0) is 47.3 Å². The van der Waals surface area contributed by atoms with Gasteiger partial charge in [0.1, 0.15) is 53.3 Å². The van der Waals surface area contributed by atoms with Crippen LogP contribution in [0.2, 0.25) is 0 Å². The lowest BCUT2D eigenvalue weighted by molar-refractivity contribution is -0.148. The number of benzene rings is 2. The molecule has 2 aromatic carbocycles. The second-order valence-electron chi connectivity index (χ2n) is 13.5. The third-order valence-electron chi connectivity index (χ3n) is 9.65. The molecule has 3 fully saturated rings. The molecule has 4 aliphatic rings. The summed E-state index contributed by atoms with van der Waals surface area (Å²) in [6, 6.07) is 12.6. The number of alkyl halides is 2. The number of carbonyl (C=O) groups excluding carboxylic acids is 3. The normalized spacial score (nSPS) is 32.2. The van der Waals surface area contributed by atoms with E-state index in [4.69, 9.17) is 42.8 Å². The zero-order valence-electron chi connectivity index (χ0n) is 31.0. The van der Waals surface area contributed by atoms with E-state index in [1.807, 2.05) is 0 Å². The molecule has 0 radical (unpaired) electrons. The zero-order valence-corrected chi connectivity index (χ0v) is 33.6. The molecule has 3 N–H and O–H groups in total. The molecule has 318 valence electrons. The van der Waals surface area contributed by atoms with Crippen molar-refractivity contribution in [2.75, 3.05) is 26.1 Å². The number of carbonyl (C=O) groups is 3. The van der Waals surface area contributed by atoms with Crippen LogP contribution in [-0.2, 0) is 52.0 Å². The number of fused-ring (bicyclic) bond motifs is 5. The smallest absolute Gasteiger partial charge is 0.472 e. The van der Waals surface area contributed by atoms with Gasteiger partial charge < -0.3 is 29.6 Å². The van der Waals surface area contributed by atoms with Gasteiger partial charge in [0.2, 0.25) is 5.91 Å². The number of ether oxygens (including phenoxy) is 4. The highest BCUT2D eigenvalue weighted by Crippen LogP contribution is 2.65. The summed E-state index contributed by atoms with van der Waals surface area (Å²) in [6.45, 7) is -6.51. The fourth-order valence-corrected chi connectivity index (χ4v) is 11.0. The number of phosphoric ester groups is 1. The summed E-state index contributed by atoms with van der Waals surface area (Å²) >= 11 is 0.592.